The summed E-state index contributed by atoms with van der Waals surface area (Å²) in [5, 5.41) is 3.48. The molecule has 1 aliphatic heterocycles. The van der Waals surface area contributed by atoms with Gasteiger partial charge in [0.25, 0.3) is 0 Å². The highest BCUT2D eigenvalue weighted by Crippen LogP contribution is 2.26. The first-order chi connectivity index (χ1) is 11.7. The summed E-state index contributed by atoms with van der Waals surface area (Å²) in [7, 11) is 0. The van der Waals surface area contributed by atoms with Gasteiger partial charge in [0.05, 0.1) is 0 Å². The molecule has 4 heteroatoms. The number of rotatable bonds is 5. The Hall–Kier alpha value is -2.10. The standard InChI is InChI=1S/C20H28N4/c1-4-16-9-6-10-17(5-2)19(16)23-20-21-12-11-18(22-20)24-13-7-8-15(3)14-24/h6,9-12,15H,4-5,7-8,13-14H2,1-3H3,(H,21,22,23). The molecule has 2 aromatic rings. The van der Waals surface area contributed by atoms with E-state index in [2.05, 4.69) is 54.2 Å². The molecule has 4 nitrogen and oxygen atoms in total. The van der Waals surface area contributed by atoms with Crippen molar-refractivity contribution in [3.8, 4) is 0 Å². The number of nitrogens with zero attached hydrogens (tertiary/aromatic N) is 3. The van der Waals surface area contributed by atoms with E-state index in [1.807, 2.05) is 12.3 Å². The molecule has 128 valence electrons. The molecule has 0 bridgehead atoms. The summed E-state index contributed by atoms with van der Waals surface area (Å²) >= 11 is 0. The first kappa shape index (κ1) is 16.7. The molecule has 24 heavy (non-hydrogen) atoms. The van der Waals surface area contributed by atoms with E-state index in [-0.39, 0.29) is 0 Å². The van der Waals surface area contributed by atoms with Crippen LogP contribution in [0.15, 0.2) is 30.5 Å². The van der Waals surface area contributed by atoms with Crippen LogP contribution in [0.1, 0.15) is 44.7 Å². The molecule has 1 fully saturated rings. The van der Waals surface area contributed by atoms with Crippen LogP contribution in [0.3, 0.4) is 0 Å². The molecule has 1 saturated heterocycles. The zero-order chi connectivity index (χ0) is 16.9. The Morgan fingerprint density at radius 3 is 2.58 bits per heavy atom. The Bertz CT molecular complexity index is 661. The van der Waals surface area contributed by atoms with E-state index < -0.39 is 0 Å². The van der Waals surface area contributed by atoms with E-state index in [0.717, 1.165) is 37.7 Å². The molecular formula is C20H28N4. The molecule has 0 saturated carbocycles. The predicted octanol–water partition coefficient (Wildman–Crippen LogP) is 4.58. The van der Waals surface area contributed by atoms with E-state index in [4.69, 9.17) is 4.98 Å². The lowest BCUT2D eigenvalue weighted by Gasteiger charge is -2.31. The van der Waals surface area contributed by atoms with Gasteiger partial charge in [-0.3, -0.25) is 0 Å². The van der Waals surface area contributed by atoms with Crippen molar-refractivity contribution in [2.24, 2.45) is 5.92 Å². The van der Waals surface area contributed by atoms with Crippen molar-refractivity contribution in [2.75, 3.05) is 23.3 Å². The first-order valence-electron chi connectivity index (χ1n) is 9.17. The average Bonchev–Trinajstić information content (AvgIpc) is 2.62. The smallest absolute Gasteiger partial charge is 0.229 e. The zero-order valence-corrected chi connectivity index (χ0v) is 15.0. The van der Waals surface area contributed by atoms with Crippen LogP contribution in [0, 0.1) is 5.92 Å². The third kappa shape index (κ3) is 3.69. The number of piperidine rings is 1. The monoisotopic (exact) mass is 324 g/mol. The Kier molecular flexibility index (Phi) is 5.34. The van der Waals surface area contributed by atoms with Crippen molar-refractivity contribution >= 4 is 17.5 Å². The highest BCUT2D eigenvalue weighted by atomic mass is 15.2. The van der Waals surface area contributed by atoms with Crippen LogP contribution in [0.4, 0.5) is 17.5 Å². The van der Waals surface area contributed by atoms with Crippen LogP contribution in [0.2, 0.25) is 0 Å². The van der Waals surface area contributed by atoms with Crippen molar-refractivity contribution in [1.29, 1.82) is 0 Å². The van der Waals surface area contributed by atoms with E-state index in [1.165, 1.54) is 29.7 Å². The number of anilines is 3. The molecule has 0 amide bonds. The molecule has 1 aliphatic rings. The van der Waals surface area contributed by atoms with E-state index >= 15 is 0 Å². The Morgan fingerprint density at radius 2 is 1.92 bits per heavy atom. The SMILES string of the molecule is CCc1cccc(CC)c1Nc1nccc(N2CCCC(C)C2)n1. The second-order valence-electron chi connectivity index (χ2n) is 6.72. The molecule has 0 radical (unpaired) electrons. The van der Waals surface area contributed by atoms with Crippen LogP contribution >= 0.6 is 0 Å². The molecule has 0 spiro atoms. The Balaban J connectivity index is 1.85. The molecule has 1 atom stereocenters. The predicted molar refractivity (Wildman–Crippen MR) is 101 cm³/mol. The molecule has 3 rings (SSSR count). The van der Waals surface area contributed by atoms with Crippen molar-refractivity contribution in [3.05, 3.63) is 41.6 Å². The van der Waals surface area contributed by atoms with Crippen molar-refractivity contribution in [1.82, 2.24) is 9.97 Å². The fraction of sp³-hybridized carbons (Fsp3) is 0.500. The fourth-order valence-corrected chi connectivity index (χ4v) is 3.50. The van der Waals surface area contributed by atoms with Gasteiger partial charge >= 0.3 is 0 Å². The maximum Gasteiger partial charge on any atom is 0.229 e. The minimum absolute atomic E-state index is 0.696. The van der Waals surface area contributed by atoms with E-state index in [1.54, 1.807) is 0 Å². The van der Waals surface area contributed by atoms with Gasteiger partial charge in [0.2, 0.25) is 5.95 Å². The fourth-order valence-electron chi connectivity index (χ4n) is 3.50. The summed E-state index contributed by atoms with van der Waals surface area (Å²) in [4.78, 5) is 11.6. The summed E-state index contributed by atoms with van der Waals surface area (Å²) in [6, 6.07) is 8.51. The van der Waals surface area contributed by atoms with Gasteiger partial charge in [0.1, 0.15) is 5.82 Å². The van der Waals surface area contributed by atoms with Gasteiger partial charge < -0.3 is 10.2 Å². The lowest BCUT2D eigenvalue weighted by Crippen LogP contribution is -2.34. The molecule has 1 N–H and O–H groups in total. The third-order valence-electron chi connectivity index (χ3n) is 4.86. The third-order valence-corrected chi connectivity index (χ3v) is 4.86. The van der Waals surface area contributed by atoms with Crippen LogP contribution in [0.5, 0.6) is 0 Å². The van der Waals surface area contributed by atoms with Crippen molar-refractivity contribution in [3.63, 3.8) is 0 Å². The van der Waals surface area contributed by atoms with Crippen LogP contribution < -0.4 is 10.2 Å². The molecule has 0 aliphatic carbocycles. The normalized spacial score (nSPS) is 17.8. The molecule has 1 unspecified atom stereocenters. The van der Waals surface area contributed by atoms with Gasteiger partial charge in [-0.1, -0.05) is 39.0 Å². The van der Waals surface area contributed by atoms with E-state index in [0.29, 0.717) is 5.95 Å². The van der Waals surface area contributed by atoms with Crippen LogP contribution in [0.25, 0.3) is 0 Å². The van der Waals surface area contributed by atoms with Gasteiger partial charge in [0.15, 0.2) is 0 Å². The minimum Gasteiger partial charge on any atom is -0.356 e. The number of aryl methyl sites for hydroxylation is 2. The number of hydrogen-bond acceptors (Lipinski definition) is 4. The van der Waals surface area contributed by atoms with Crippen LogP contribution in [-0.4, -0.2) is 23.1 Å². The maximum atomic E-state index is 4.78. The van der Waals surface area contributed by atoms with Gasteiger partial charge in [0, 0.05) is 25.0 Å². The lowest BCUT2D eigenvalue weighted by molar-refractivity contribution is 0.444. The lowest BCUT2D eigenvalue weighted by atomic mass is 10.0. The average molecular weight is 324 g/mol. The molecule has 1 aromatic heterocycles. The van der Waals surface area contributed by atoms with Crippen molar-refractivity contribution < 1.29 is 0 Å². The second-order valence-corrected chi connectivity index (χ2v) is 6.72. The summed E-state index contributed by atoms with van der Waals surface area (Å²) in [6.07, 6.45) is 6.42. The first-order valence-corrected chi connectivity index (χ1v) is 9.17. The van der Waals surface area contributed by atoms with Gasteiger partial charge in [-0.2, -0.15) is 4.98 Å². The molecule has 1 aromatic carbocycles. The zero-order valence-electron chi connectivity index (χ0n) is 15.0. The highest BCUT2D eigenvalue weighted by Gasteiger charge is 2.18. The quantitative estimate of drug-likeness (QED) is 0.874. The number of aromatic nitrogens is 2. The Labute approximate surface area is 145 Å². The summed E-state index contributed by atoms with van der Waals surface area (Å²) < 4.78 is 0. The minimum atomic E-state index is 0.696. The summed E-state index contributed by atoms with van der Waals surface area (Å²) in [5.41, 5.74) is 3.80. The van der Waals surface area contributed by atoms with Crippen LogP contribution in [-0.2, 0) is 12.8 Å². The summed E-state index contributed by atoms with van der Waals surface area (Å²) in [6.45, 7) is 8.87. The Morgan fingerprint density at radius 1 is 1.17 bits per heavy atom. The van der Waals surface area contributed by atoms with E-state index in [9.17, 15) is 0 Å². The molecule has 2 heterocycles. The summed E-state index contributed by atoms with van der Waals surface area (Å²) in [5.74, 6) is 2.46. The number of para-hydroxylation sites is 1. The number of benzene rings is 1. The maximum absolute atomic E-state index is 4.78. The van der Waals surface area contributed by atoms with Crippen molar-refractivity contribution in [2.45, 2.75) is 46.5 Å². The number of nitrogens with one attached hydrogen (secondary N) is 1. The number of hydrogen-bond donors (Lipinski definition) is 1. The highest BCUT2D eigenvalue weighted by molar-refractivity contribution is 5.64. The van der Waals surface area contributed by atoms with Gasteiger partial charge in [-0.05, 0) is 48.8 Å². The largest absolute Gasteiger partial charge is 0.356 e. The van der Waals surface area contributed by atoms with Gasteiger partial charge in [-0.15, -0.1) is 0 Å². The molecular weight excluding hydrogens is 296 g/mol. The van der Waals surface area contributed by atoms with Gasteiger partial charge in [-0.25, -0.2) is 4.98 Å². The second kappa shape index (κ2) is 7.65. The topological polar surface area (TPSA) is 41.1 Å².